The van der Waals surface area contributed by atoms with Crippen LogP contribution in [0, 0.1) is 5.82 Å². The van der Waals surface area contributed by atoms with Crippen LogP contribution in [-0.2, 0) is 0 Å². The molecule has 2 aromatic rings. The first-order valence-electron chi connectivity index (χ1n) is 6.34. The SMILES string of the molecule is CC(C)Oc1ccc(F)cc1C(=O)c1ccc(N)cc1. The molecule has 104 valence electrons. The fraction of sp³-hybridized carbons (Fsp3) is 0.188. The van der Waals surface area contributed by atoms with Crippen LogP contribution in [0.3, 0.4) is 0 Å². The fourth-order valence-electron chi connectivity index (χ4n) is 1.83. The number of nitrogens with two attached hydrogens (primary N) is 1. The molecule has 0 bridgehead atoms. The maximum Gasteiger partial charge on any atom is 0.196 e. The molecule has 0 radical (unpaired) electrons. The van der Waals surface area contributed by atoms with Gasteiger partial charge in [-0.25, -0.2) is 4.39 Å². The lowest BCUT2D eigenvalue weighted by atomic mass is 10.0. The van der Waals surface area contributed by atoms with Gasteiger partial charge in [-0.05, 0) is 56.3 Å². The number of anilines is 1. The van der Waals surface area contributed by atoms with Crippen LogP contribution >= 0.6 is 0 Å². The third-order valence-electron chi connectivity index (χ3n) is 2.72. The highest BCUT2D eigenvalue weighted by molar-refractivity contribution is 6.10. The molecule has 0 aliphatic rings. The van der Waals surface area contributed by atoms with Crippen LogP contribution in [-0.4, -0.2) is 11.9 Å². The van der Waals surface area contributed by atoms with E-state index in [0.29, 0.717) is 17.0 Å². The molecule has 0 amide bonds. The van der Waals surface area contributed by atoms with Gasteiger partial charge in [0.1, 0.15) is 11.6 Å². The van der Waals surface area contributed by atoms with Crippen molar-refractivity contribution in [2.45, 2.75) is 20.0 Å². The molecule has 2 rings (SSSR count). The standard InChI is InChI=1S/C16H16FNO2/c1-10(2)20-15-8-5-12(17)9-14(15)16(19)11-3-6-13(18)7-4-11/h3-10H,18H2,1-2H3. The van der Waals surface area contributed by atoms with Gasteiger partial charge in [0.25, 0.3) is 0 Å². The number of carbonyl (C=O) groups excluding carboxylic acids is 1. The molecular weight excluding hydrogens is 257 g/mol. The summed E-state index contributed by atoms with van der Waals surface area (Å²) in [5.74, 6) is -0.386. The first-order chi connectivity index (χ1) is 9.47. The molecule has 0 saturated carbocycles. The van der Waals surface area contributed by atoms with Gasteiger partial charge < -0.3 is 10.5 Å². The average Bonchev–Trinajstić information content (AvgIpc) is 2.40. The van der Waals surface area contributed by atoms with Crippen LogP contribution in [0.1, 0.15) is 29.8 Å². The Labute approximate surface area is 117 Å². The zero-order valence-electron chi connectivity index (χ0n) is 11.4. The molecule has 0 spiro atoms. The summed E-state index contributed by atoms with van der Waals surface area (Å²) in [5, 5.41) is 0. The van der Waals surface area contributed by atoms with E-state index in [2.05, 4.69) is 0 Å². The summed E-state index contributed by atoms with van der Waals surface area (Å²) in [6, 6.07) is 10.4. The Hall–Kier alpha value is -2.36. The second kappa shape index (κ2) is 5.74. The van der Waals surface area contributed by atoms with E-state index in [1.165, 1.54) is 18.2 Å². The summed E-state index contributed by atoms with van der Waals surface area (Å²) < 4.78 is 19.0. The smallest absolute Gasteiger partial charge is 0.196 e. The molecule has 0 saturated heterocycles. The Kier molecular flexibility index (Phi) is 4.03. The average molecular weight is 273 g/mol. The minimum absolute atomic E-state index is 0.0987. The summed E-state index contributed by atoms with van der Waals surface area (Å²) in [6.45, 7) is 3.70. The highest BCUT2D eigenvalue weighted by Gasteiger charge is 2.16. The minimum Gasteiger partial charge on any atom is -0.490 e. The van der Waals surface area contributed by atoms with E-state index in [-0.39, 0.29) is 17.5 Å². The van der Waals surface area contributed by atoms with Gasteiger partial charge in [-0.1, -0.05) is 0 Å². The molecule has 2 N–H and O–H groups in total. The summed E-state index contributed by atoms with van der Waals surface area (Å²) in [5.41, 5.74) is 6.81. The van der Waals surface area contributed by atoms with Gasteiger partial charge in [0.05, 0.1) is 11.7 Å². The first-order valence-corrected chi connectivity index (χ1v) is 6.34. The molecular formula is C16H16FNO2. The molecule has 0 atom stereocenters. The van der Waals surface area contributed by atoms with Crippen LogP contribution in [0.25, 0.3) is 0 Å². The van der Waals surface area contributed by atoms with Gasteiger partial charge in [-0.15, -0.1) is 0 Å². The summed E-state index contributed by atoms with van der Waals surface area (Å²) >= 11 is 0. The van der Waals surface area contributed by atoms with Crippen LogP contribution in [0.2, 0.25) is 0 Å². The third kappa shape index (κ3) is 3.15. The van der Waals surface area contributed by atoms with Gasteiger partial charge in [-0.2, -0.15) is 0 Å². The van der Waals surface area contributed by atoms with Crippen molar-refractivity contribution >= 4 is 11.5 Å². The van der Waals surface area contributed by atoms with Gasteiger partial charge in [0.2, 0.25) is 0 Å². The van der Waals surface area contributed by atoms with Crippen LogP contribution in [0.4, 0.5) is 10.1 Å². The van der Waals surface area contributed by atoms with Crippen LogP contribution in [0.15, 0.2) is 42.5 Å². The number of halogens is 1. The van der Waals surface area contributed by atoms with Crippen LogP contribution in [0.5, 0.6) is 5.75 Å². The normalized spacial score (nSPS) is 10.6. The van der Waals surface area contributed by atoms with Gasteiger partial charge in [0.15, 0.2) is 5.78 Å². The second-order valence-corrected chi connectivity index (χ2v) is 4.76. The second-order valence-electron chi connectivity index (χ2n) is 4.76. The Balaban J connectivity index is 2.42. The van der Waals surface area contributed by atoms with E-state index in [1.807, 2.05) is 13.8 Å². The molecule has 0 aliphatic carbocycles. The zero-order chi connectivity index (χ0) is 14.7. The maximum absolute atomic E-state index is 13.4. The first kappa shape index (κ1) is 14.1. The summed E-state index contributed by atoms with van der Waals surface area (Å²) in [7, 11) is 0. The highest BCUT2D eigenvalue weighted by atomic mass is 19.1. The molecule has 0 aliphatic heterocycles. The molecule has 4 heteroatoms. The number of nitrogen functional groups attached to an aromatic ring is 1. The number of rotatable bonds is 4. The van der Waals surface area contributed by atoms with Crippen molar-refractivity contribution in [1.29, 1.82) is 0 Å². The number of hydrogen-bond acceptors (Lipinski definition) is 3. The van der Waals surface area contributed by atoms with E-state index in [4.69, 9.17) is 10.5 Å². The lowest BCUT2D eigenvalue weighted by Gasteiger charge is -2.13. The van der Waals surface area contributed by atoms with Gasteiger partial charge in [-0.3, -0.25) is 4.79 Å². The van der Waals surface area contributed by atoms with E-state index in [0.717, 1.165) is 0 Å². The Morgan fingerprint density at radius 2 is 1.80 bits per heavy atom. The number of hydrogen-bond donors (Lipinski definition) is 1. The predicted octanol–water partition coefficient (Wildman–Crippen LogP) is 3.43. The van der Waals surface area contributed by atoms with Crippen molar-refractivity contribution in [1.82, 2.24) is 0 Å². The largest absolute Gasteiger partial charge is 0.490 e. The summed E-state index contributed by atoms with van der Waals surface area (Å²) in [6.07, 6.45) is -0.0987. The summed E-state index contributed by atoms with van der Waals surface area (Å²) in [4.78, 5) is 12.4. The van der Waals surface area contributed by atoms with E-state index >= 15 is 0 Å². The molecule has 0 heterocycles. The van der Waals surface area contributed by atoms with Crippen molar-refractivity contribution in [2.75, 3.05) is 5.73 Å². The third-order valence-corrected chi connectivity index (χ3v) is 2.72. The van der Waals surface area contributed by atoms with Gasteiger partial charge >= 0.3 is 0 Å². The number of carbonyl (C=O) groups is 1. The lowest BCUT2D eigenvalue weighted by molar-refractivity contribution is 0.103. The molecule has 0 unspecified atom stereocenters. The zero-order valence-corrected chi connectivity index (χ0v) is 11.4. The van der Waals surface area contributed by atoms with Crippen molar-refractivity contribution in [2.24, 2.45) is 0 Å². The lowest BCUT2D eigenvalue weighted by Crippen LogP contribution is -2.11. The highest BCUT2D eigenvalue weighted by Crippen LogP contribution is 2.24. The number of ketones is 1. The molecule has 0 aromatic heterocycles. The molecule has 2 aromatic carbocycles. The van der Waals surface area contributed by atoms with Crippen LogP contribution < -0.4 is 10.5 Å². The van der Waals surface area contributed by atoms with E-state index in [9.17, 15) is 9.18 Å². The van der Waals surface area contributed by atoms with Crippen molar-refractivity contribution in [3.63, 3.8) is 0 Å². The quantitative estimate of drug-likeness (QED) is 0.686. The molecule has 0 fully saturated rings. The Bertz CT molecular complexity index is 621. The molecule has 20 heavy (non-hydrogen) atoms. The maximum atomic E-state index is 13.4. The van der Waals surface area contributed by atoms with E-state index < -0.39 is 5.82 Å². The number of ether oxygens (including phenoxy) is 1. The Morgan fingerprint density at radius 1 is 1.15 bits per heavy atom. The van der Waals surface area contributed by atoms with Crippen molar-refractivity contribution in [3.8, 4) is 5.75 Å². The fourth-order valence-corrected chi connectivity index (χ4v) is 1.83. The Morgan fingerprint density at radius 3 is 2.40 bits per heavy atom. The van der Waals surface area contributed by atoms with Crippen molar-refractivity contribution < 1.29 is 13.9 Å². The minimum atomic E-state index is -0.472. The van der Waals surface area contributed by atoms with Crippen molar-refractivity contribution in [3.05, 3.63) is 59.4 Å². The number of benzene rings is 2. The monoisotopic (exact) mass is 273 g/mol. The van der Waals surface area contributed by atoms with Gasteiger partial charge in [0, 0.05) is 11.3 Å². The molecule has 3 nitrogen and oxygen atoms in total. The topological polar surface area (TPSA) is 52.3 Å². The van der Waals surface area contributed by atoms with E-state index in [1.54, 1.807) is 24.3 Å². The predicted molar refractivity (Wildman–Crippen MR) is 76.5 cm³/mol.